The van der Waals surface area contributed by atoms with Crippen molar-refractivity contribution in [3.05, 3.63) is 23.8 Å². The molecule has 0 rings (SSSR count). The zero-order chi connectivity index (χ0) is 8.85. The summed E-state index contributed by atoms with van der Waals surface area (Å²) < 4.78 is 12.5. The van der Waals surface area contributed by atoms with E-state index in [1.165, 1.54) is 6.20 Å². The maximum Gasteiger partial charge on any atom is 0.159 e. The maximum absolute atomic E-state index is 12.5. The van der Waals surface area contributed by atoms with E-state index < -0.39 is 5.83 Å². The Bertz CT molecular complexity index is 196. The minimum Gasteiger partial charge on any atom is -0.405 e. The smallest absolute Gasteiger partial charge is 0.159 e. The normalized spacial score (nSPS) is 16.2. The van der Waals surface area contributed by atoms with Crippen molar-refractivity contribution in [1.29, 1.82) is 5.41 Å². The van der Waals surface area contributed by atoms with Crippen LogP contribution in [0.3, 0.4) is 0 Å². The van der Waals surface area contributed by atoms with Crippen LogP contribution in [0.15, 0.2) is 23.8 Å². The number of nitrogens with one attached hydrogen (secondary N) is 1. The van der Waals surface area contributed by atoms with Crippen LogP contribution in [0.4, 0.5) is 4.39 Å². The summed E-state index contributed by atoms with van der Waals surface area (Å²) in [6, 6.07) is 0. The van der Waals surface area contributed by atoms with Crippen LogP contribution in [0.2, 0.25) is 0 Å². The largest absolute Gasteiger partial charge is 0.405 e. The first-order chi connectivity index (χ1) is 5.13. The topological polar surface area (TPSA) is 75.9 Å². The van der Waals surface area contributed by atoms with Gasteiger partial charge in [0.05, 0.1) is 11.9 Å². The van der Waals surface area contributed by atoms with E-state index in [4.69, 9.17) is 16.9 Å². The van der Waals surface area contributed by atoms with Gasteiger partial charge in [0.15, 0.2) is 5.83 Å². The molecule has 0 aliphatic heterocycles. The molecule has 0 saturated heterocycles. The van der Waals surface area contributed by atoms with Gasteiger partial charge in [0.2, 0.25) is 0 Å². The lowest BCUT2D eigenvalue weighted by Gasteiger charge is -2.05. The van der Waals surface area contributed by atoms with Crippen LogP contribution in [0.25, 0.3) is 0 Å². The highest BCUT2D eigenvalue weighted by molar-refractivity contribution is 5.73. The summed E-state index contributed by atoms with van der Waals surface area (Å²) in [5.74, 6) is -0.975. The second kappa shape index (κ2) is 4.49. The van der Waals surface area contributed by atoms with E-state index in [9.17, 15) is 4.39 Å². The molecule has 0 aromatic rings. The fourth-order valence-electron chi connectivity index (χ4n) is 0.571. The van der Waals surface area contributed by atoms with Crippen LogP contribution in [0.5, 0.6) is 0 Å². The molecule has 0 radical (unpaired) electrons. The average molecular weight is 157 g/mol. The predicted molar refractivity (Wildman–Crippen MR) is 43.6 cm³/mol. The zero-order valence-corrected chi connectivity index (χ0v) is 6.34. The van der Waals surface area contributed by atoms with Gasteiger partial charge in [-0.25, -0.2) is 4.39 Å². The van der Waals surface area contributed by atoms with Gasteiger partial charge in [-0.1, -0.05) is 13.0 Å². The lowest BCUT2D eigenvalue weighted by molar-refractivity contribution is 0.645. The fraction of sp³-hybridized carbons (Fsp3) is 0.286. The van der Waals surface area contributed by atoms with Crippen molar-refractivity contribution in [2.24, 2.45) is 17.4 Å². The van der Waals surface area contributed by atoms with Gasteiger partial charge in [-0.2, -0.15) is 0 Å². The molecule has 4 heteroatoms. The quantitative estimate of drug-likeness (QED) is 0.532. The van der Waals surface area contributed by atoms with Crippen LogP contribution >= 0.6 is 0 Å². The van der Waals surface area contributed by atoms with E-state index in [2.05, 4.69) is 0 Å². The molecule has 0 aromatic heterocycles. The molecule has 5 N–H and O–H groups in total. The molecule has 0 bridgehead atoms. The summed E-state index contributed by atoms with van der Waals surface area (Å²) in [6.45, 7) is 1.70. The van der Waals surface area contributed by atoms with Gasteiger partial charge >= 0.3 is 0 Å². The first-order valence-corrected chi connectivity index (χ1v) is 3.17. The third-order valence-electron chi connectivity index (χ3n) is 1.29. The molecule has 0 spiro atoms. The number of nitrogens with two attached hydrogens (primary N) is 2. The van der Waals surface area contributed by atoms with Gasteiger partial charge in [0, 0.05) is 5.92 Å². The number of rotatable bonds is 3. The number of hydrogen-bond acceptors (Lipinski definition) is 3. The van der Waals surface area contributed by atoms with Gasteiger partial charge in [-0.05, 0) is 6.20 Å². The second-order valence-corrected chi connectivity index (χ2v) is 2.12. The number of halogens is 1. The first kappa shape index (κ1) is 9.68. The monoisotopic (exact) mass is 157 g/mol. The minimum atomic E-state index is -0.712. The van der Waals surface area contributed by atoms with E-state index in [1.54, 1.807) is 13.0 Å². The average Bonchev–Trinajstić information content (AvgIpc) is 2.02. The Morgan fingerprint density at radius 3 is 2.55 bits per heavy atom. The van der Waals surface area contributed by atoms with Crippen LogP contribution in [0.1, 0.15) is 6.92 Å². The minimum absolute atomic E-state index is 0.0294. The van der Waals surface area contributed by atoms with Crippen molar-refractivity contribution >= 4 is 6.21 Å². The summed E-state index contributed by atoms with van der Waals surface area (Å²) in [5, 5.41) is 6.57. The van der Waals surface area contributed by atoms with Gasteiger partial charge in [-0.3, -0.25) is 0 Å². The van der Waals surface area contributed by atoms with E-state index in [0.29, 0.717) is 6.21 Å². The van der Waals surface area contributed by atoms with E-state index in [1.807, 2.05) is 0 Å². The predicted octanol–water partition coefficient (Wildman–Crippen LogP) is 0.884. The first-order valence-electron chi connectivity index (χ1n) is 3.17. The highest BCUT2D eigenvalue weighted by atomic mass is 19.1. The van der Waals surface area contributed by atoms with E-state index in [-0.39, 0.29) is 11.6 Å². The van der Waals surface area contributed by atoms with Crippen LogP contribution in [-0.4, -0.2) is 6.21 Å². The van der Waals surface area contributed by atoms with Crippen molar-refractivity contribution < 1.29 is 4.39 Å². The Labute approximate surface area is 65.1 Å². The van der Waals surface area contributed by atoms with Crippen molar-refractivity contribution in [3.63, 3.8) is 0 Å². The number of allylic oxidation sites excluding steroid dienone is 2. The zero-order valence-electron chi connectivity index (χ0n) is 6.34. The summed E-state index contributed by atoms with van der Waals surface area (Å²) in [7, 11) is 0. The van der Waals surface area contributed by atoms with Gasteiger partial charge < -0.3 is 16.9 Å². The molecule has 0 heterocycles. The van der Waals surface area contributed by atoms with Crippen molar-refractivity contribution in [2.45, 2.75) is 6.92 Å². The Balaban J connectivity index is 4.45. The third-order valence-corrected chi connectivity index (χ3v) is 1.29. The Morgan fingerprint density at radius 1 is 1.64 bits per heavy atom. The van der Waals surface area contributed by atoms with Crippen LogP contribution in [-0.2, 0) is 0 Å². The maximum atomic E-state index is 12.5. The second-order valence-electron chi connectivity index (χ2n) is 2.12. The molecule has 0 amide bonds. The van der Waals surface area contributed by atoms with Crippen LogP contribution in [0, 0.1) is 11.3 Å². The Morgan fingerprint density at radius 2 is 2.18 bits per heavy atom. The summed E-state index contributed by atoms with van der Waals surface area (Å²) >= 11 is 0. The van der Waals surface area contributed by atoms with Crippen molar-refractivity contribution in [2.75, 3.05) is 0 Å². The molecule has 1 atom stereocenters. The third kappa shape index (κ3) is 2.84. The SMILES string of the molecule is CC(/C=C\N)/C(N)=C(\F)C=N. The van der Waals surface area contributed by atoms with E-state index >= 15 is 0 Å². The lowest BCUT2D eigenvalue weighted by atomic mass is 10.1. The molecule has 62 valence electrons. The van der Waals surface area contributed by atoms with Gasteiger partial charge in [0.25, 0.3) is 0 Å². The molecule has 0 aromatic carbocycles. The molecule has 11 heavy (non-hydrogen) atoms. The summed E-state index contributed by atoms with van der Waals surface area (Å²) in [5.41, 5.74) is 10.4. The van der Waals surface area contributed by atoms with E-state index in [0.717, 1.165) is 0 Å². The molecular formula is C7H12FN3. The summed E-state index contributed by atoms with van der Waals surface area (Å²) in [6.07, 6.45) is 3.43. The molecule has 0 fully saturated rings. The highest BCUT2D eigenvalue weighted by Gasteiger charge is 2.05. The Kier molecular flexibility index (Phi) is 3.95. The van der Waals surface area contributed by atoms with Crippen molar-refractivity contribution in [1.82, 2.24) is 0 Å². The van der Waals surface area contributed by atoms with Crippen molar-refractivity contribution in [3.8, 4) is 0 Å². The lowest BCUT2D eigenvalue weighted by Crippen LogP contribution is -2.09. The molecule has 0 saturated carbocycles. The highest BCUT2D eigenvalue weighted by Crippen LogP contribution is 2.10. The molecule has 3 nitrogen and oxygen atoms in total. The molecule has 0 aliphatic rings. The fourth-order valence-corrected chi connectivity index (χ4v) is 0.571. The standard InChI is InChI=1S/C7H12FN3/c1-5(2-3-9)7(11)6(8)4-10/h2-5,10H,9,11H2,1H3/b3-2-,7-6+,10-4?. The van der Waals surface area contributed by atoms with Crippen LogP contribution < -0.4 is 11.5 Å². The molecule has 0 aliphatic carbocycles. The summed E-state index contributed by atoms with van der Waals surface area (Å²) in [4.78, 5) is 0. The molecular weight excluding hydrogens is 145 g/mol. The van der Waals surface area contributed by atoms with Gasteiger partial charge in [0.1, 0.15) is 0 Å². The molecule has 1 unspecified atom stereocenters. The number of hydrogen-bond donors (Lipinski definition) is 3. The van der Waals surface area contributed by atoms with Gasteiger partial charge in [-0.15, -0.1) is 0 Å². The Hall–Kier alpha value is -1.32.